The molecule has 0 bridgehead atoms. The lowest BCUT2D eigenvalue weighted by atomic mass is 10.1. The molecule has 0 N–H and O–H groups in total. The van der Waals surface area contributed by atoms with Crippen molar-refractivity contribution in [3.8, 4) is 0 Å². The van der Waals surface area contributed by atoms with E-state index >= 15 is 0 Å². The maximum Gasteiger partial charge on any atom is 0.341 e. The molecule has 0 aliphatic heterocycles. The third-order valence-electron chi connectivity index (χ3n) is 3.10. The standard InChI is InChI=1S/C16H15N3O2/c1-2-21-16(20)13-10-17-15-9-14(18-19(15)11-13)8-12-6-4-3-5-7-12/h3-7,9-11H,2,8H2,1H3. The molecule has 3 aromatic rings. The van der Waals surface area contributed by atoms with E-state index in [9.17, 15) is 4.79 Å². The summed E-state index contributed by atoms with van der Waals surface area (Å²) in [5.41, 5.74) is 3.22. The fraction of sp³-hybridized carbons (Fsp3) is 0.188. The Balaban J connectivity index is 1.88. The van der Waals surface area contributed by atoms with Gasteiger partial charge in [-0.1, -0.05) is 30.3 Å². The number of nitrogens with zero attached hydrogens (tertiary/aromatic N) is 3. The average Bonchev–Trinajstić information content (AvgIpc) is 2.89. The van der Waals surface area contributed by atoms with Crippen LogP contribution in [0.3, 0.4) is 0 Å². The van der Waals surface area contributed by atoms with E-state index < -0.39 is 0 Å². The van der Waals surface area contributed by atoms with Crippen molar-refractivity contribution in [2.24, 2.45) is 0 Å². The highest BCUT2D eigenvalue weighted by Crippen LogP contribution is 2.11. The summed E-state index contributed by atoms with van der Waals surface area (Å²) in [6.07, 6.45) is 3.90. The summed E-state index contributed by atoms with van der Waals surface area (Å²) in [6, 6.07) is 12.0. The second kappa shape index (κ2) is 5.75. The Kier molecular flexibility index (Phi) is 3.64. The Bertz CT molecular complexity index is 766. The van der Waals surface area contributed by atoms with E-state index in [0.29, 0.717) is 17.8 Å². The maximum absolute atomic E-state index is 11.7. The van der Waals surface area contributed by atoms with Crippen molar-refractivity contribution in [3.05, 3.63) is 65.6 Å². The van der Waals surface area contributed by atoms with Crippen LogP contribution in [-0.2, 0) is 11.2 Å². The molecular weight excluding hydrogens is 266 g/mol. The molecule has 0 atom stereocenters. The van der Waals surface area contributed by atoms with Crippen molar-refractivity contribution in [1.82, 2.24) is 14.6 Å². The highest BCUT2D eigenvalue weighted by molar-refractivity contribution is 5.88. The number of carbonyl (C=O) groups excluding carboxylic acids is 1. The van der Waals surface area contributed by atoms with Crippen molar-refractivity contribution in [2.75, 3.05) is 6.61 Å². The van der Waals surface area contributed by atoms with Crippen LogP contribution >= 0.6 is 0 Å². The smallest absolute Gasteiger partial charge is 0.341 e. The predicted molar refractivity (Wildman–Crippen MR) is 78.2 cm³/mol. The van der Waals surface area contributed by atoms with Gasteiger partial charge in [0.15, 0.2) is 5.65 Å². The van der Waals surface area contributed by atoms with Gasteiger partial charge in [0.2, 0.25) is 0 Å². The zero-order valence-electron chi connectivity index (χ0n) is 11.7. The van der Waals surface area contributed by atoms with Crippen molar-refractivity contribution < 1.29 is 9.53 Å². The van der Waals surface area contributed by atoms with Gasteiger partial charge in [0.1, 0.15) is 0 Å². The van der Waals surface area contributed by atoms with Crippen LogP contribution in [-0.4, -0.2) is 27.2 Å². The molecule has 106 valence electrons. The zero-order valence-corrected chi connectivity index (χ0v) is 11.7. The van der Waals surface area contributed by atoms with Gasteiger partial charge in [-0.2, -0.15) is 5.10 Å². The maximum atomic E-state index is 11.7. The molecule has 5 heteroatoms. The van der Waals surface area contributed by atoms with Gasteiger partial charge >= 0.3 is 5.97 Å². The molecule has 0 saturated carbocycles. The van der Waals surface area contributed by atoms with Crippen molar-refractivity contribution in [3.63, 3.8) is 0 Å². The van der Waals surface area contributed by atoms with Gasteiger partial charge in [0.25, 0.3) is 0 Å². The van der Waals surface area contributed by atoms with Crippen LogP contribution in [0.2, 0.25) is 0 Å². The molecule has 2 aromatic heterocycles. The number of fused-ring (bicyclic) bond motifs is 1. The van der Waals surface area contributed by atoms with Gasteiger partial charge in [0.05, 0.1) is 17.9 Å². The number of carbonyl (C=O) groups is 1. The van der Waals surface area contributed by atoms with Crippen LogP contribution in [0.1, 0.15) is 28.5 Å². The molecule has 0 unspecified atom stereocenters. The molecule has 0 radical (unpaired) electrons. The van der Waals surface area contributed by atoms with Crippen LogP contribution in [0.5, 0.6) is 0 Å². The monoisotopic (exact) mass is 281 g/mol. The lowest BCUT2D eigenvalue weighted by molar-refractivity contribution is 0.0525. The Morgan fingerprint density at radius 1 is 1.29 bits per heavy atom. The minimum Gasteiger partial charge on any atom is -0.462 e. The first-order valence-electron chi connectivity index (χ1n) is 6.81. The van der Waals surface area contributed by atoms with E-state index in [-0.39, 0.29) is 5.97 Å². The van der Waals surface area contributed by atoms with Crippen LogP contribution in [0.25, 0.3) is 5.65 Å². The van der Waals surface area contributed by atoms with Gasteiger partial charge < -0.3 is 4.74 Å². The lowest BCUT2D eigenvalue weighted by Crippen LogP contribution is -2.07. The number of esters is 1. The Hall–Kier alpha value is -2.69. The molecule has 0 amide bonds. The molecule has 0 spiro atoms. The van der Waals surface area contributed by atoms with Gasteiger partial charge in [-0.3, -0.25) is 0 Å². The summed E-state index contributed by atoms with van der Waals surface area (Å²) < 4.78 is 6.57. The predicted octanol–water partition coefficient (Wildman–Crippen LogP) is 2.50. The first kappa shape index (κ1) is 13.3. The Labute approximate surface area is 122 Å². The number of hydrogen-bond donors (Lipinski definition) is 0. The number of aromatic nitrogens is 3. The zero-order chi connectivity index (χ0) is 14.7. The number of benzene rings is 1. The van der Waals surface area contributed by atoms with E-state index in [1.54, 1.807) is 17.6 Å². The second-order valence-corrected chi connectivity index (χ2v) is 4.66. The highest BCUT2D eigenvalue weighted by Gasteiger charge is 2.10. The van der Waals surface area contributed by atoms with Crippen LogP contribution in [0.15, 0.2) is 48.8 Å². The van der Waals surface area contributed by atoms with E-state index in [0.717, 1.165) is 12.1 Å². The summed E-state index contributed by atoms with van der Waals surface area (Å²) in [4.78, 5) is 15.9. The SMILES string of the molecule is CCOC(=O)c1cnc2cc(Cc3ccccc3)nn2c1. The molecular formula is C16H15N3O2. The van der Waals surface area contributed by atoms with Crippen LogP contribution in [0.4, 0.5) is 0 Å². The average molecular weight is 281 g/mol. The van der Waals surface area contributed by atoms with Crippen molar-refractivity contribution in [2.45, 2.75) is 13.3 Å². The summed E-state index contributed by atoms with van der Waals surface area (Å²) in [7, 11) is 0. The number of ether oxygens (including phenoxy) is 1. The highest BCUT2D eigenvalue weighted by atomic mass is 16.5. The number of hydrogen-bond acceptors (Lipinski definition) is 4. The summed E-state index contributed by atoms with van der Waals surface area (Å²) in [6.45, 7) is 2.12. The molecule has 2 heterocycles. The van der Waals surface area contributed by atoms with E-state index in [1.165, 1.54) is 11.8 Å². The lowest BCUT2D eigenvalue weighted by Gasteiger charge is -2.01. The van der Waals surface area contributed by atoms with Gasteiger partial charge in [-0.25, -0.2) is 14.3 Å². The van der Waals surface area contributed by atoms with E-state index in [1.807, 2.05) is 24.3 Å². The van der Waals surface area contributed by atoms with E-state index in [4.69, 9.17) is 4.74 Å². The third kappa shape index (κ3) is 2.91. The molecule has 0 aliphatic rings. The first-order chi connectivity index (χ1) is 10.3. The van der Waals surface area contributed by atoms with Crippen LogP contribution < -0.4 is 0 Å². The van der Waals surface area contributed by atoms with Crippen LogP contribution in [0, 0.1) is 0 Å². The van der Waals surface area contributed by atoms with Gasteiger partial charge in [-0.05, 0) is 12.5 Å². The Morgan fingerprint density at radius 2 is 2.10 bits per heavy atom. The topological polar surface area (TPSA) is 56.5 Å². The summed E-state index contributed by atoms with van der Waals surface area (Å²) in [5, 5.41) is 4.46. The molecule has 0 saturated heterocycles. The minimum atomic E-state index is -0.382. The van der Waals surface area contributed by atoms with Gasteiger partial charge in [-0.15, -0.1) is 0 Å². The fourth-order valence-corrected chi connectivity index (χ4v) is 2.14. The molecule has 0 aliphatic carbocycles. The van der Waals surface area contributed by atoms with Crippen molar-refractivity contribution >= 4 is 11.6 Å². The fourth-order valence-electron chi connectivity index (χ4n) is 2.14. The quantitative estimate of drug-likeness (QED) is 0.689. The third-order valence-corrected chi connectivity index (χ3v) is 3.10. The first-order valence-corrected chi connectivity index (χ1v) is 6.81. The normalized spacial score (nSPS) is 10.7. The van der Waals surface area contributed by atoms with E-state index in [2.05, 4.69) is 22.2 Å². The Morgan fingerprint density at radius 3 is 2.86 bits per heavy atom. The summed E-state index contributed by atoms with van der Waals surface area (Å²) in [5.74, 6) is -0.382. The van der Waals surface area contributed by atoms with Crippen molar-refractivity contribution in [1.29, 1.82) is 0 Å². The molecule has 5 nitrogen and oxygen atoms in total. The largest absolute Gasteiger partial charge is 0.462 e. The minimum absolute atomic E-state index is 0.342. The second-order valence-electron chi connectivity index (χ2n) is 4.66. The van der Waals surface area contributed by atoms with Gasteiger partial charge in [0, 0.05) is 24.9 Å². The number of rotatable bonds is 4. The molecule has 0 fully saturated rings. The summed E-state index contributed by atoms with van der Waals surface area (Å²) >= 11 is 0. The molecule has 21 heavy (non-hydrogen) atoms. The molecule has 1 aromatic carbocycles. The molecule has 3 rings (SSSR count).